The first-order valence-corrected chi connectivity index (χ1v) is 10.4. The molecule has 3 rings (SSSR count). The molecule has 0 fully saturated rings. The molecule has 0 bridgehead atoms. The van der Waals surface area contributed by atoms with Crippen LogP contribution in [-0.2, 0) is 19.6 Å². The molecule has 0 radical (unpaired) electrons. The van der Waals surface area contributed by atoms with Gasteiger partial charge in [0.15, 0.2) is 11.5 Å². The predicted molar refractivity (Wildman–Crippen MR) is 129 cm³/mol. The van der Waals surface area contributed by atoms with Crippen molar-refractivity contribution in [1.29, 1.82) is 0 Å². The molecule has 0 saturated heterocycles. The maximum Gasteiger partial charge on any atom is 0.161 e. The highest BCUT2D eigenvalue weighted by Crippen LogP contribution is 2.30. The molecular formula is C24H26Cl3NO3. The van der Waals surface area contributed by atoms with E-state index in [-0.39, 0.29) is 12.4 Å². The Morgan fingerprint density at radius 3 is 2.32 bits per heavy atom. The van der Waals surface area contributed by atoms with Crippen LogP contribution in [0.1, 0.15) is 16.7 Å². The van der Waals surface area contributed by atoms with Crippen LogP contribution in [0.4, 0.5) is 0 Å². The smallest absolute Gasteiger partial charge is 0.161 e. The summed E-state index contributed by atoms with van der Waals surface area (Å²) in [5.41, 5.74) is 3.17. The third kappa shape index (κ3) is 7.22. The van der Waals surface area contributed by atoms with E-state index in [0.717, 1.165) is 36.4 Å². The average Bonchev–Trinajstić information content (AvgIpc) is 2.76. The van der Waals surface area contributed by atoms with Crippen LogP contribution in [0.3, 0.4) is 0 Å². The van der Waals surface area contributed by atoms with Crippen LogP contribution in [0.15, 0.2) is 60.7 Å². The van der Waals surface area contributed by atoms with Crippen molar-refractivity contribution in [3.8, 4) is 17.2 Å². The zero-order valence-electron chi connectivity index (χ0n) is 17.5. The van der Waals surface area contributed by atoms with Gasteiger partial charge in [-0.3, -0.25) is 0 Å². The largest absolute Gasteiger partial charge is 0.496 e. The van der Waals surface area contributed by atoms with Crippen LogP contribution >= 0.6 is 35.6 Å². The lowest BCUT2D eigenvalue weighted by Gasteiger charge is -2.14. The van der Waals surface area contributed by atoms with Crippen molar-refractivity contribution in [2.45, 2.75) is 19.6 Å². The van der Waals surface area contributed by atoms with Crippen LogP contribution < -0.4 is 19.5 Å². The Kier molecular flexibility index (Phi) is 10.3. The number of halogens is 3. The SMILES string of the molecule is COc1ccccc1CCNCc1ccc(OCc2ccc(Cl)cc2Cl)c(OC)c1.Cl. The molecule has 0 heterocycles. The lowest BCUT2D eigenvalue weighted by atomic mass is 10.1. The van der Waals surface area contributed by atoms with Gasteiger partial charge in [0, 0.05) is 22.2 Å². The second-order valence-electron chi connectivity index (χ2n) is 6.75. The van der Waals surface area contributed by atoms with E-state index in [9.17, 15) is 0 Å². The van der Waals surface area contributed by atoms with Crippen molar-refractivity contribution >= 4 is 35.6 Å². The summed E-state index contributed by atoms with van der Waals surface area (Å²) in [6.07, 6.45) is 0.893. The summed E-state index contributed by atoms with van der Waals surface area (Å²) >= 11 is 12.2. The summed E-state index contributed by atoms with van der Waals surface area (Å²) in [6.45, 7) is 1.91. The molecule has 166 valence electrons. The molecule has 0 aromatic heterocycles. The van der Waals surface area contributed by atoms with Gasteiger partial charge in [0.1, 0.15) is 12.4 Å². The minimum absolute atomic E-state index is 0. The van der Waals surface area contributed by atoms with Crippen LogP contribution in [-0.4, -0.2) is 20.8 Å². The molecule has 4 nitrogen and oxygen atoms in total. The highest BCUT2D eigenvalue weighted by molar-refractivity contribution is 6.35. The average molecular weight is 483 g/mol. The molecule has 0 atom stereocenters. The monoisotopic (exact) mass is 481 g/mol. The molecule has 0 aliphatic heterocycles. The van der Waals surface area contributed by atoms with Gasteiger partial charge in [0.2, 0.25) is 0 Å². The summed E-state index contributed by atoms with van der Waals surface area (Å²) in [5, 5.41) is 4.64. The molecule has 7 heteroatoms. The fraction of sp³-hybridized carbons (Fsp3) is 0.250. The Balaban J connectivity index is 0.00000341. The summed E-state index contributed by atoms with van der Waals surface area (Å²) in [4.78, 5) is 0. The van der Waals surface area contributed by atoms with E-state index in [0.29, 0.717) is 28.2 Å². The number of methoxy groups -OCH3 is 2. The second kappa shape index (κ2) is 12.7. The number of benzene rings is 3. The molecule has 0 amide bonds. The quantitative estimate of drug-likeness (QED) is 0.342. The van der Waals surface area contributed by atoms with E-state index in [1.54, 1.807) is 26.4 Å². The first-order chi connectivity index (χ1) is 14.6. The van der Waals surface area contributed by atoms with Crippen LogP contribution in [0, 0.1) is 0 Å². The van der Waals surface area contributed by atoms with Crippen molar-refractivity contribution in [3.63, 3.8) is 0 Å². The maximum atomic E-state index is 6.22. The summed E-state index contributed by atoms with van der Waals surface area (Å²) < 4.78 is 16.8. The van der Waals surface area contributed by atoms with E-state index >= 15 is 0 Å². The van der Waals surface area contributed by atoms with Crippen molar-refractivity contribution in [3.05, 3.63) is 87.4 Å². The highest BCUT2D eigenvalue weighted by atomic mass is 35.5. The Hall–Kier alpha value is -2.11. The van der Waals surface area contributed by atoms with Gasteiger partial charge in [0.05, 0.1) is 14.2 Å². The first-order valence-electron chi connectivity index (χ1n) is 9.67. The topological polar surface area (TPSA) is 39.7 Å². The number of ether oxygens (including phenoxy) is 3. The molecule has 1 N–H and O–H groups in total. The Morgan fingerprint density at radius 1 is 0.806 bits per heavy atom. The van der Waals surface area contributed by atoms with Gasteiger partial charge in [-0.2, -0.15) is 0 Å². The van der Waals surface area contributed by atoms with E-state index in [4.69, 9.17) is 37.4 Å². The van der Waals surface area contributed by atoms with Gasteiger partial charge >= 0.3 is 0 Å². The Morgan fingerprint density at radius 2 is 1.58 bits per heavy atom. The highest BCUT2D eigenvalue weighted by Gasteiger charge is 2.09. The van der Waals surface area contributed by atoms with Crippen molar-refractivity contribution in [2.24, 2.45) is 0 Å². The van der Waals surface area contributed by atoms with Gasteiger partial charge in [0.25, 0.3) is 0 Å². The van der Waals surface area contributed by atoms with E-state index in [2.05, 4.69) is 11.4 Å². The predicted octanol–water partition coefficient (Wildman–Crippen LogP) is 6.34. The van der Waals surface area contributed by atoms with E-state index in [1.165, 1.54) is 5.56 Å². The van der Waals surface area contributed by atoms with Gasteiger partial charge in [-0.25, -0.2) is 0 Å². The van der Waals surface area contributed by atoms with E-state index < -0.39 is 0 Å². The van der Waals surface area contributed by atoms with Gasteiger partial charge in [-0.1, -0.05) is 53.5 Å². The molecule has 0 unspecified atom stereocenters. The normalized spacial score (nSPS) is 10.3. The molecular weight excluding hydrogens is 457 g/mol. The van der Waals surface area contributed by atoms with Crippen LogP contribution in [0.2, 0.25) is 10.0 Å². The van der Waals surface area contributed by atoms with Crippen LogP contribution in [0.25, 0.3) is 0 Å². The van der Waals surface area contributed by atoms with Crippen molar-refractivity contribution in [1.82, 2.24) is 5.32 Å². The summed E-state index contributed by atoms with van der Waals surface area (Å²) in [5.74, 6) is 2.27. The Bertz CT molecular complexity index is 982. The third-order valence-electron chi connectivity index (χ3n) is 4.72. The third-order valence-corrected chi connectivity index (χ3v) is 5.31. The van der Waals surface area contributed by atoms with Crippen LogP contribution in [0.5, 0.6) is 17.2 Å². The zero-order valence-corrected chi connectivity index (χ0v) is 19.8. The zero-order chi connectivity index (χ0) is 21.3. The van der Waals surface area contributed by atoms with Crippen molar-refractivity contribution in [2.75, 3.05) is 20.8 Å². The van der Waals surface area contributed by atoms with Crippen molar-refractivity contribution < 1.29 is 14.2 Å². The van der Waals surface area contributed by atoms with Gasteiger partial charge in [-0.15, -0.1) is 12.4 Å². The molecule has 0 spiro atoms. The van der Waals surface area contributed by atoms with Gasteiger partial charge in [-0.05, 0) is 54.4 Å². The first kappa shape index (κ1) is 25.2. The lowest BCUT2D eigenvalue weighted by Crippen LogP contribution is -2.17. The standard InChI is InChI=1S/C24H25Cl2NO3.ClH/c1-28-22-6-4-3-5-18(22)11-12-27-15-17-7-10-23(24(13-17)29-2)30-16-19-8-9-20(25)14-21(19)26;/h3-10,13-14,27H,11-12,15-16H2,1-2H3;1H. The molecule has 3 aromatic carbocycles. The molecule has 31 heavy (non-hydrogen) atoms. The molecule has 0 aliphatic rings. The summed E-state index contributed by atoms with van der Waals surface area (Å²) in [6, 6.07) is 19.4. The van der Waals surface area contributed by atoms with Gasteiger partial charge < -0.3 is 19.5 Å². The molecule has 3 aromatic rings. The maximum absolute atomic E-state index is 6.22. The number of nitrogens with one attached hydrogen (secondary N) is 1. The fourth-order valence-electron chi connectivity index (χ4n) is 3.10. The second-order valence-corrected chi connectivity index (χ2v) is 7.59. The molecule has 0 aliphatic carbocycles. The number of rotatable bonds is 10. The number of hydrogen-bond acceptors (Lipinski definition) is 4. The summed E-state index contributed by atoms with van der Waals surface area (Å²) in [7, 11) is 3.33. The number of para-hydroxylation sites is 1. The number of hydrogen-bond donors (Lipinski definition) is 1. The van der Waals surface area contributed by atoms with E-state index in [1.807, 2.05) is 42.5 Å². The lowest BCUT2D eigenvalue weighted by molar-refractivity contribution is 0.284. The minimum Gasteiger partial charge on any atom is -0.496 e. The Labute approximate surface area is 199 Å². The molecule has 0 saturated carbocycles. The fourth-order valence-corrected chi connectivity index (χ4v) is 3.56. The minimum atomic E-state index is 0.